The highest BCUT2D eigenvalue weighted by atomic mass is 16.6. The van der Waals surface area contributed by atoms with Crippen LogP contribution in [0.1, 0.15) is 374 Å². The minimum Gasteiger partial charge on any atom is -0.462 e. The summed E-state index contributed by atoms with van der Waals surface area (Å²) in [6.45, 7) is 6.62. The van der Waals surface area contributed by atoms with E-state index >= 15 is 0 Å². The van der Waals surface area contributed by atoms with E-state index < -0.39 is 6.10 Å². The number of unbranched alkanes of at least 4 members (excludes halogenated alkanes) is 46. The molecular weight excluding hydrogens is 937 g/mol. The Kier molecular flexibility index (Phi) is 63.1. The van der Waals surface area contributed by atoms with Gasteiger partial charge >= 0.3 is 17.9 Å². The van der Waals surface area contributed by atoms with Gasteiger partial charge in [0.05, 0.1) is 0 Å². The number of hydrogen-bond acceptors (Lipinski definition) is 6. The normalized spacial score (nSPS) is 12.2. The first-order valence-corrected chi connectivity index (χ1v) is 34.0. The van der Waals surface area contributed by atoms with Crippen LogP contribution in [0.25, 0.3) is 0 Å². The van der Waals surface area contributed by atoms with Crippen molar-refractivity contribution < 1.29 is 28.6 Å². The maximum absolute atomic E-state index is 12.9. The molecule has 6 heteroatoms. The average Bonchev–Trinajstić information content (AvgIpc) is 3.42. The minimum absolute atomic E-state index is 0.0709. The molecule has 0 bridgehead atoms. The fourth-order valence-corrected chi connectivity index (χ4v) is 10.3. The number of carbonyl (C=O) groups excluding carboxylic acids is 3. The van der Waals surface area contributed by atoms with E-state index in [1.165, 1.54) is 257 Å². The largest absolute Gasteiger partial charge is 0.462 e. The van der Waals surface area contributed by atoms with Gasteiger partial charge in [-0.2, -0.15) is 0 Å². The summed E-state index contributed by atoms with van der Waals surface area (Å²) in [6, 6.07) is 0. The third-order valence-corrected chi connectivity index (χ3v) is 15.4. The Morgan fingerprint density at radius 1 is 0.263 bits per heavy atom. The molecule has 446 valence electrons. The molecule has 0 fully saturated rings. The Balaban J connectivity index is 4.00. The third-order valence-electron chi connectivity index (χ3n) is 15.4. The molecule has 76 heavy (non-hydrogen) atoms. The van der Waals surface area contributed by atoms with E-state index in [9.17, 15) is 14.4 Å². The van der Waals surface area contributed by atoms with Crippen LogP contribution >= 0.6 is 0 Å². The SMILES string of the molecule is CCCCCCC/C=C\C/C=C\C/C=C\CCCCCCCCCCC(=O)OC(COC(=O)CCCCCCCC)COC(=O)CCCCCCCCCCCCCCCCCCCCCCCCCCCCCCC. The Bertz CT molecular complexity index is 1270. The van der Waals surface area contributed by atoms with Gasteiger partial charge in [-0.15, -0.1) is 0 Å². The molecule has 0 saturated heterocycles. The van der Waals surface area contributed by atoms with Crippen LogP contribution in [-0.2, 0) is 28.6 Å². The quantitative estimate of drug-likeness (QED) is 0.0261. The Labute approximate surface area is 474 Å². The zero-order chi connectivity index (χ0) is 55.0. The number of carbonyl (C=O) groups is 3. The molecule has 0 aromatic carbocycles. The van der Waals surface area contributed by atoms with Crippen LogP contribution in [0.15, 0.2) is 36.5 Å². The summed E-state index contributed by atoms with van der Waals surface area (Å²) < 4.78 is 16.8. The molecule has 0 radical (unpaired) electrons. The Morgan fingerprint density at radius 2 is 0.474 bits per heavy atom. The number of esters is 3. The highest BCUT2D eigenvalue weighted by Crippen LogP contribution is 2.18. The molecule has 0 aliphatic rings. The van der Waals surface area contributed by atoms with Crippen molar-refractivity contribution in [1.82, 2.24) is 0 Å². The lowest BCUT2D eigenvalue weighted by Crippen LogP contribution is -2.30. The van der Waals surface area contributed by atoms with Gasteiger partial charge in [0.1, 0.15) is 13.2 Å². The van der Waals surface area contributed by atoms with Crippen molar-refractivity contribution in [2.75, 3.05) is 13.2 Å². The molecule has 1 atom stereocenters. The second-order valence-electron chi connectivity index (χ2n) is 23.1. The van der Waals surface area contributed by atoms with Crippen molar-refractivity contribution in [3.8, 4) is 0 Å². The summed E-state index contributed by atoms with van der Waals surface area (Å²) in [4.78, 5) is 38.0. The molecule has 0 rings (SSSR count). The summed E-state index contributed by atoms with van der Waals surface area (Å²) in [5.74, 6) is -0.866. The third kappa shape index (κ3) is 62.5. The van der Waals surface area contributed by atoms with Gasteiger partial charge in [0, 0.05) is 19.3 Å². The molecule has 0 spiro atoms. The summed E-state index contributed by atoms with van der Waals surface area (Å²) >= 11 is 0. The van der Waals surface area contributed by atoms with Gasteiger partial charge in [0.2, 0.25) is 0 Å². The highest BCUT2D eigenvalue weighted by Gasteiger charge is 2.19. The predicted molar refractivity (Wildman–Crippen MR) is 330 cm³/mol. The predicted octanol–water partition coefficient (Wildman–Crippen LogP) is 23.2. The second-order valence-corrected chi connectivity index (χ2v) is 23.1. The molecule has 0 aliphatic heterocycles. The lowest BCUT2D eigenvalue weighted by atomic mass is 10.0. The molecule has 0 aromatic rings. The molecule has 0 amide bonds. The van der Waals surface area contributed by atoms with Gasteiger partial charge < -0.3 is 14.2 Å². The topological polar surface area (TPSA) is 78.9 Å². The number of allylic oxidation sites excluding steroid dienone is 6. The van der Waals surface area contributed by atoms with E-state index in [0.717, 1.165) is 77.0 Å². The monoisotopic (exact) mass is 1070 g/mol. The molecule has 1 unspecified atom stereocenters. The number of ether oxygens (including phenoxy) is 3. The van der Waals surface area contributed by atoms with Crippen LogP contribution in [0.3, 0.4) is 0 Å². The fraction of sp³-hybridized carbons (Fsp3) is 0.871. The standard InChI is InChI=1S/C70H130O6/c1-4-7-10-13-16-18-20-22-24-26-28-30-32-33-34-35-36-37-39-40-42-44-46-48-50-52-54-57-60-63-69(72)75-66-67(65-74-68(71)62-59-56-15-12-9-6-3)76-70(73)64-61-58-55-53-51-49-47-45-43-41-38-31-29-27-25-23-21-19-17-14-11-8-5-2/h21,23,27,29,38,41,67H,4-20,22,24-26,28,30-37,39-40,42-66H2,1-3H3/b23-21-,29-27-,41-38-. The second kappa shape index (κ2) is 65.2. The van der Waals surface area contributed by atoms with Gasteiger partial charge in [-0.1, -0.05) is 333 Å². The zero-order valence-corrected chi connectivity index (χ0v) is 51.3. The maximum Gasteiger partial charge on any atom is 0.306 e. The first-order valence-electron chi connectivity index (χ1n) is 34.0. The molecule has 0 N–H and O–H groups in total. The first-order chi connectivity index (χ1) is 37.5. The molecule has 0 aliphatic carbocycles. The molecule has 0 aromatic heterocycles. The average molecular weight is 1070 g/mol. The molecule has 0 heterocycles. The van der Waals surface area contributed by atoms with Crippen LogP contribution in [0, 0.1) is 0 Å². The van der Waals surface area contributed by atoms with Gasteiger partial charge in [-0.05, 0) is 57.8 Å². The molecule has 6 nitrogen and oxygen atoms in total. The zero-order valence-electron chi connectivity index (χ0n) is 51.3. The van der Waals surface area contributed by atoms with Crippen molar-refractivity contribution in [3.63, 3.8) is 0 Å². The highest BCUT2D eigenvalue weighted by molar-refractivity contribution is 5.71. The maximum atomic E-state index is 12.9. The van der Waals surface area contributed by atoms with E-state index in [1.807, 2.05) is 0 Å². The van der Waals surface area contributed by atoms with Gasteiger partial charge in [-0.3, -0.25) is 14.4 Å². The Hall–Kier alpha value is -2.37. The number of hydrogen-bond donors (Lipinski definition) is 0. The Morgan fingerprint density at radius 3 is 0.737 bits per heavy atom. The van der Waals surface area contributed by atoms with E-state index in [4.69, 9.17) is 14.2 Å². The summed E-state index contributed by atoms with van der Waals surface area (Å²) in [6.07, 6.45) is 80.7. The van der Waals surface area contributed by atoms with Crippen LogP contribution in [0.2, 0.25) is 0 Å². The summed E-state index contributed by atoms with van der Waals surface area (Å²) in [7, 11) is 0. The van der Waals surface area contributed by atoms with Crippen molar-refractivity contribution in [3.05, 3.63) is 36.5 Å². The molecule has 0 saturated carbocycles. The van der Waals surface area contributed by atoms with E-state index in [0.29, 0.717) is 19.3 Å². The van der Waals surface area contributed by atoms with Crippen LogP contribution in [0.4, 0.5) is 0 Å². The van der Waals surface area contributed by atoms with Crippen LogP contribution in [0.5, 0.6) is 0 Å². The smallest absolute Gasteiger partial charge is 0.306 e. The van der Waals surface area contributed by atoms with Gasteiger partial charge in [-0.25, -0.2) is 0 Å². The van der Waals surface area contributed by atoms with E-state index in [2.05, 4.69) is 57.2 Å². The van der Waals surface area contributed by atoms with Gasteiger partial charge in [0.25, 0.3) is 0 Å². The lowest BCUT2D eigenvalue weighted by Gasteiger charge is -2.18. The van der Waals surface area contributed by atoms with E-state index in [-0.39, 0.29) is 31.1 Å². The lowest BCUT2D eigenvalue weighted by molar-refractivity contribution is -0.167. The number of rotatable bonds is 63. The summed E-state index contributed by atoms with van der Waals surface area (Å²) in [5, 5.41) is 0. The van der Waals surface area contributed by atoms with Crippen molar-refractivity contribution in [2.24, 2.45) is 0 Å². The van der Waals surface area contributed by atoms with Crippen LogP contribution < -0.4 is 0 Å². The fourth-order valence-electron chi connectivity index (χ4n) is 10.3. The molecular formula is C70H130O6. The van der Waals surface area contributed by atoms with Crippen molar-refractivity contribution in [2.45, 2.75) is 380 Å². The minimum atomic E-state index is -0.772. The first kappa shape index (κ1) is 73.6. The van der Waals surface area contributed by atoms with E-state index in [1.54, 1.807) is 0 Å². The van der Waals surface area contributed by atoms with Crippen molar-refractivity contribution >= 4 is 17.9 Å². The summed E-state index contributed by atoms with van der Waals surface area (Å²) in [5.41, 5.74) is 0. The van der Waals surface area contributed by atoms with Crippen molar-refractivity contribution in [1.29, 1.82) is 0 Å². The van der Waals surface area contributed by atoms with Crippen LogP contribution in [-0.4, -0.2) is 37.2 Å². The van der Waals surface area contributed by atoms with Gasteiger partial charge in [0.15, 0.2) is 6.10 Å².